The van der Waals surface area contributed by atoms with Crippen molar-refractivity contribution < 1.29 is 19.1 Å². The summed E-state index contributed by atoms with van der Waals surface area (Å²) in [5.74, 6) is 0.118. The first kappa shape index (κ1) is 20.1. The fraction of sp³-hybridized carbons (Fsp3) is 0.556. The topological polar surface area (TPSA) is 55.8 Å². The number of methoxy groups -OCH3 is 1. The van der Waals surface area contributed by atoms with Crippen molar-refractivity contribution >= 4 is 39.8 Å². The Bertz CT molecular complexity index is 643. The smallest absolute Gasteiger partial charge is 0.411 e. The molecule has 1 aliphatic heterocycles. The van der Waals surface area contributed by atoms with Crippen LogP contribution in [0, 0.1) is 0 Å². The van der Waals surface area contributed by atoms with Crippen LogP contribution in [-0.4, -0.2) is 41.6 Å². The van der Waals surface area contributed by atoms with Gasteiger partial charge in [-0.15, -0.1) is 11.8 Å². The molecule has 138 valence electrons. The highest BCUT2D eigenvalue weighted by Crippen LogP contribution is 2.49. The molecule has 0 bridgehead atoms. The van der Waals surface area contributed by atoms with Crippen LogP contribution in [-0.2, 0) is 19.0 Å². The van der Waals surface area contributed by atoms with Gasteiger partial charge in [-0.1, -0.05) is 28.1 Å². The maximum atomic E-state index is 12.6. The second-order valence-corrected chi connectivity index (χ2v) is 9.44. The highest BCUT2D eigenvalue weighted by Gasteiger charge is 2.49. The Morgan fingerprint density at radius 1 is 1.32 bits per heavy atom. The number of thioether (sulfide) groups is 1. The highest BCUT2D eigenvalue weighted by molar-refractivity contribution is 9.10. The molecule has 5 nitrogen and oxygen atoms in total. The number of amides is 1. The van der Waals surface area contributed by atoms with Crippen molar-refractivity contribution in [3.63, 3.8) is 0 Å². The molecule has 2 atom stereocenters. The first-order chi connectivity index (χ1) is 11.6. The lowest BCUT2D eigenvalue weighted by atomic mass is 9.89. The van der Waals surface area contributed by atoms with E-state index in [9.17, 15) is 9.59 Å². The van der Waals surface area contributed by atoms with Crippen LogP contribution in [0.5, 0.6) is 0 Å². The van der Waals surface area contributed by atoms with Gasteiger partial charge in [-0.05, 0) is 45.4 Å². The van der Waals surface area contributed by atoms with Crippen LogP contribution in [0.1, 0.15) is 39.7 Å². The van der Waals surface area contributed by atoms with Crippen molar-refractivity contribution in [2.24, 2.45) is 0 Å². The summed E-state index contributed by atoms with van der Waals surface area (Å²) in [6.45, 7) is 7.55. The van der Waals surface area contributed by atoms with Gasteiger partial charge < -0.3 is 9.47 Å². The molecule has 1 saturated heterocycles. The van der Waals surface area contributed by atoms with Crippen LogP contribution in [0.3, 0.4) is 0 Å². The maximum Gasteiger partial charge on any atom is 0.411 e. The molecule has 25 heavy (non-hydrogen) atoms. The number of halogens is 1. The number of ether oxygens (including phenoxy) is 2. The molecule has 1 aromatic rings. The lowest BCUT2D eigenvalue weighted by Gasteiger charge is -2.34. The SMILES string of the molecule is COC(=O)CC1N(C(=O)OC(C)(C)C)CSC1(C)c1ccc(Br)cc1. The van der Waals surface area contributed by atoms with E-state index in [2.05, 4.69) is 22.9 Å². The van der Waals surface area contributed by atoms with E-state index in [4.69, 9.17) is 9.47 Å². The Balaban J connectivity index is 2.34. The van der Waals surface area contributed by atoms with Crippen LogP contribution in [0.15, 0.2) is 28.7 Å². The number of benzene rings is 1. The van der Waals surface area contributed by atoms with Gasteiger partial charge in [0.2, 0.25) is 0 Å². The normalized spacial score (nSPS) is 23.4. The third-order valence-electron chi connectivity index (χ3n) is 4.15. The Labute approximate surface area is 161 Å². The molecular weight excluding hydrogens is 406 g/mol. The van der Waals surface area contributed by atoms with E-state index in [1.165, 1.54) is 7.11 Å². The van der Waals surface area contributed by atoms with Gasteiger partial charge in [-0.2, -0.15) is 0 Å². The summed E-state index contributed by atoms with van der Waals surface area (Å²) in [5.41, 5.74) is 0.467. The number of hydrogen-bond acceptors (Lipinski definition) is 5. The highest BCUT2D eigenvalue weighted by atomic mass is 79.9. The minimum Gasteiger partial charge on any atom is -0.469 e. The summed E-state index contributed by atoms with van der Waals surface area (Å²) >= 11 is 5.07. The Morgan fingerprint density at radius 2 is 1.92 bits per heavy atom. The van der Waals surface area contributed by atoms with Gasteiger partial charge in [0.25, 0.3) is 0 Å². The zero-order valence-electron chi connectivity index (χ0n) is 15.2. The Hall–Kier alpha value is -1.21. The maximum absolute atomic E-state index is 12.6. The predicted octanol–water partition coefficient (Wildman–Crippen LogP) is 4.54. The summed E-state index contributed by atoms with van der Waals surface area (Å²) in [6, 6.07) is 7.61. The fourth-order valence-electron chi connectivity index (χ4n) is 2.79. The summed E-state index contributed by atoms with van der Waals surface area (Å²) in [7, 11) is 1.36. The first-order valence-corrected chi connectivity index (χ1v) is 9.81. The van der Waals surface area contributed by atoms with E-state index < -0.39 is 16.4 Å². The van der Waals surface area contributed by atoms with Crippen molar-refractivity contribution in [2.75, 3.05) is 13.0 Å². The molecule has 7 heteroatoms. The van der Waals surface area contributed by atoms with Crippen LogP contribution in [0.2, 0.25) is 0 Å². The van der Waals surface area contributed by atoms with E-state index in [0.29, 0.717) is 5.88 Å². The minimum absolute atomic E-state index is 0.120. The van der Waals surface area contributed by atoms with Crippen molar-refractivity contribution in [1.29, 1.82) is 0 Å². The van der Waals surface area contributed by atoms with Gasteiger partial charge in [-0.25, -0.2) is 4.79 Å². The van der Waals surface area contributed by atoms with Crippen molar-refractivity contribution in [1.82, 2.24) is 4.90 Å². The molecule has 2 unspecified atom stereocenters. The lowest BCUT2D eigenvalue weighted by Crippen LogP contribution is -2.46. The van der Waals surface area contributed by atoms with E-state index in [1.807, 2.05) is 45.0 Å². The van der Waals surface area contributed by atoms with E-state index in [1.54, 1.807) is 16.7 Å². The van der Waals surface area contributed by atoms with Crippen molar-refractivity contribution in [3.05, 3.63) is 34.3 Å². The zero-order chi connectivity index (χ0) is 18.8. The van der Waals surface area contributed by atoms with Crippen LogP contribution in [0.4, 0.5) is 4.79 Å². The molecule has 0 aliphatic carbocycles. The summed E-state index contributed by atoms with van der Waals surface area (Å²) < 4.78 is 10.9. The minimum atomic E-state index is -0.589. The molecule has 0 saturated carbocycles. The molecule has 1 aliphatic rings. The molecule has 2 rings (SSSR count). The number of carbonyl (C=O) groups is 2. The van der Waals surface area contributed by atoms with Gasteiger partial charge in [0.1, 0.15) is 5.60 Å². The van der Waals surface area contributed by atoms with Crippen LogP contribution in [0.25, 0.3) is 0 Å². The number of esters is 1. The van der Waals surface area contributed by atoms with Gasteiger partial charge >= 0.3 is 12.1 Å². The molecule has 1 amide bonds. The van der Waals surface area contributed by atoms with E-state index in [0.717, 1.165) is 10.0 Å². The summed E-state index contributed by atoms with van der Waals surface area (Å²) in [4.78, 5) is 26.3. The number of rotatable bonds is 3. The lowest BCUT2D eigenvalue weighted by molar-refractivity contribution is -0.142. The monoisotopic (exact) mass is 429 g/mol. The van der Waals surface area contributed by atoms with E-state index >= 15 is 0 Å². The summed E-state index contributed by atoms with van der Waals surface area (Å²) in [6.07, 6.45) is -0.287. The van der Waals surface area contributed by atoms with Gasteiger partial charge in [0.05, 0.1) is 30.2 Å². The molecule has 0 N–H and O–H groups in total. The molecule has 0 radical (unpaired) electrons. The van der Waals surface area contributed by atoms with E-state index in [-0.39, 0.29) is 18.4 Å². The Morgan fingerprint density at radius 3 is 2.44 bits per heavy atom. The van der Waals surface area contributed by atoms with Crippen LogP contribution < -0.4 is 0 Å². The molecule has 1 heterocycles. The number of carbonyl (C=O) groups excluding carboxylic acids is 2. The molecule has 1 aromatic carbocycles. The predicted molar refractivity (Wildman–Crippen MR) is 102 cm³/mol. The van der Waals surface area contributed by atoms with Gasteiger partial charge in [0.15, 0.2) is 0 Å². The van der Waals surface area contributed by atoms with Gasteiger partial charge in [-0.3, -0.25) is 9.69 Å². The third-order valence-corrected chi connectivity index (χ3v) is 6.19. The largest absolute Gasteiger partial charge is 0.469 e. The molecular formula is C18H24BrNO4S. The fourth-order valence-corrected chi connectivity index (χ4v) is 4.45. The number of nitrogens with zero attached hydrogens (tertiary/aromatic N) is 1. The number of hydrogen-bond donors (Lipinski definition) is 0. The van der Waals surface area contributed by atoms with Gasteiger partial charge in [0, 0.05) is 4.47 Å². The zero-order valence-corrected chi connectivity index (χ0v) is 17.6. The standard InChI is InChI=1S/C18H24BrNO4S/c1-17(2,3)24-16(22)20-11-25-18(4,14(20)10-15(21)23-5)12-6-8-13(19)9-7-12/h6-9,14H,10-11H2,1-5H3. The Kier molecular flexibility index (Phi) is 6.09. The molecule has 0 spiro atoms. The first-order valence-electron chi connectivity index (χ1n) is 8.03. The average Bonchev–Trinajstić information content (AvgIpc) is 2.84. The van der Waals surface area contributed by atoms with Crippen molar-refractivity contribution in [2.45, 2.75) is 50.5 Å². The quantitative estimate of drug-likeness (QED) is 0.660. The average molecular weight is 430 g/mol. The second kappa shape index (κ2) is 7.58. The molecule has 1 fully saturated rings. The van der Waals surface area contributed by atoms with Crippen molar-refractivity contribution in [3.8, 4) is 0 Å². The molecule has 0 aromatic heterocycles. The third kappa shape index (κ3) is 4.70. The van der Waals surface area contributed by atoms with Crippen LogP contribution >= 0.6 is 27.7 Å². The second-order valence-electron chi connectivity index (χ2n) is 7.13. The summed E-state index contributed by atoms with van der Waals surface area (Å²) in [5, 5.41) is 0.